The Balaban J connectivity index is 1.61. The summed E-state index contributed by atoms with van der Waals surface area (Å²) in [7, 11) is 1.58. The normalized spacial score (nSPS) is 10.5. The van der Waals surface area contributed by atoms with Gasteiger partial charge in [-0.3, -0.25) is 4.79 Å². The van der Waals surface area contributed by atoms with Gasteiger partial charge in [0, 0.05) is 12.1 Å². The maximum absolute atomic E-state index is 12.0. The topological polar surface area (TPSA) is 60.5 Å². The number of nitrogens with zero attached hydrogens (tertiary/aromatic N) is 1. The number of benzene rings is 2. The molecular weight excluding hydrogens is 328 g/mol. The molecule has 0 atom stereocenters. The van der Waals surface area contributed by atoms with E-state index in [1.165, 1.54) is 6.08 Å². The van der Waals surface area contributed by atoms with E-state index in [1.54, 1.807) is 37.6 Å². The first-order valence-corrected chi connectivity index (χ1v) is 8.05. The summed E-state index contributed by atoms with van der Waals surface area (Å²) in [6.45, 7) is 0. The average Bonchev–Trinajstić information content (AvgIpc) is 2.69. The summed E-state index contributed by atoms with van der Waals surface area (Å²) in [6.07, 6.45) is 4.77. The lowest BCUT2D eigenvalue weighted by molar-refractivity contribution is -0.111. The molecule has 0 unspecified atom stereocenters. The Hall–Kier alpha value is -3.60. The average molecular weight is 346 g/mol. The van der Waals surface area contributed by atoms with Crippen molar-refractivity contribution in [3.63, 3.8) is 0 Å². The number of methoxy groups -OCH3 is 1. The van der Waals surface area contributed by atoms with Crippen molar-refractivity contribution in [2.45, 2.75) is 0 Å². The van der Waals surface area contributed by atoms with E-state index < -0.39 is 0 Å². The van der Waals surface area contributed by atoms with Crippen molar-refractivity contribution >= 4 is 17.7 Å². The molecule has 0 radical (unpaired) electrons. The van der Waals surface area contributed by atoms with Gasteiger partial charge in [-0.1, -0.05) is 42.5 Å². The molecule has 1 aromatic heterocycles. The number of carbonyl (C=O) groups is 1. The maximum Gasteiger partial charge on any atom is 0.248 e. The van der Waals surface area contributed by atoms with Crippen LogP contribution in [0.5, 0.6) is 17.4 Å². The second-order valence-electron chi connectivity index (χ2n) is 5.37. The van der Waals surface area contributed by atoms with E-state index in [-0.39, 0.29) is 5.91 Å². The van der Waals surface area contributed by atoms with E-state index in [1.807, 2.05) is 48.5 Å². The van der Waals surface area contributed by atoms with Gasteiger partial charge in [0.15, 0.2) is 11.5 Å². The maximum atomic E-state index is 12.0. The van der Waals surface area contributed by atoms with Crippen LogP contribution in [0.2, 0.25) is 0 Å². The van der Waals surface area contributed by atoms with E-state index in [9.17, 15) is 4.79 Å². The summed E-state index contributed by atoms with van der Waals surface area (Å²) >= 11 is 0. The minimum absolute atomic E-state index is 0.228. The standard InChI is InChI=1S/C21H18N2O3/c1-25-18-9-5-6-10-19(18)26-21-14-12-17(15-22-21)23-20(24)13-11-16-7-3-2-4-8-16/h2-15H,1H3,(H,23,24)/b13-11+. The van der Waals surface area contributed by atoms with Gasteiger partial charge in [0.1, 0.15) is 0 Å². The number of hydrogen-bond donors (Lipinski definition) is 1. The van der Waals surface area contributed by atoms with Crippen molar-refractivity contribution in [3.05, 3.63) is 84.6 Å². The van der Waals surface area contributed by atoms with Gasteiger partial charge in [0.25, 0.3) is 0 Å². The van der Waals surface area contributed by atoms with Crippen LogP contribution in [0, 0.1) is 0 Å². The number of anilines is 1. The Bertz CT molecular complexity index is 891. The van der Waals surface area contributed by atoms with Gasteiger partial charge >= 0.3 is 0 Å². The summed E-state index contributed by atoms with van der Waals surface area (Å²) < 4.78 is 10.9. The first-order valence-electron chi connectivity index (χ1n) is 8.05. The van der Waals surface area contributed by atoms with Crippen LogP contribution in [0.15, 0.2) is 79.0 Å². The number of para-hydroxylation sites is 2. The Labute approximate surface area is 151 Å². The van der Waals surface area contributed by atoms with Crippen LogP contribution < -0.4 is 14.8 Å². The number of amides is 1. The molecule has 1 N–H and O–H groups in total. The van der Waals surface area contributed by atoms with Crippen LogP contribution in [0.3, 0.4) is 0 Å². The number of pyridine rings is 1. The molecule has 0 fully saturated rings. The third-order valence-electron chi connectivity index (χ3n) is 3.51. The van der Waals surface area contributed by atoms with Gasteiger partial charge in [-0.25, -0.2) is 4.98 Å². The molecule has 2 aromatic carbocycles. The van der Waals surface area contributed by atoms with E-state index >= 15 is 0 Å². The van der Waals surface area contributed by atoms with E-state index in [2.05, 4.69) is 10.3 Å². The molecule has 1 amide bonds. The van der Waals surface area contributed by atoms with Crippen molar-refractivity contribution in [1.82, 2.24) is 4.98 Å². The van der Waals surface area contributed by atoms with E-state index in [4.69, 9.17) is 9.47 Å². The number of aromatic nitrogens is 1. The fourth-order valence-electron chi connectivity index (χ4n) is 2.25. The predicted octanol–water partition coefficient (Wildman–Crippen LogP) is 4.53. The fourth-order valence-corrected chi connectivity index (χ4v) is 2.25. The summed E-state index contributed by atoms with van der Waals surface area (Å²) in [5.41, 5.74) is 1.54. The lowest BCUT2D eigenvalue weighted by Gasteiger charge is -2.09. The molecule has 0 aliphatic carbocycles. The summed E-state index contributed by atoms with van der Waals surface area (Å²) in [4.78, 5) is 16.2. The lowest BCUT2D eigenvalue weighted by atomic mass is 10.2. The molecule has 3 aromatic rings. The van der Waals surface area contributed by atoms with Crippen molar-refractivity contribution in [3.8, 4) is 17.4 Å². The quantitative estimate of drug-likeness (QED) is 0.666. The molecule has 3 rings (SSSR count). The molecular formula is C21H18N2O3. The molecule has 0 bridgehead atoms. The second kappa shape index (κ2) is 8.48. The number of ether oxygens (including phenoxy) is 2. The third-order valence-corrected chi connectivity index (χ3v) is 3.51. The number of hydrogen-bond acceptors (Lipinski definition) is 4. The summed E-state index contributed by atoms with van der Waals surface area (Å²) in [6, 6.07) is 20.3. The van der Waals surface area contributed by atoms with Gasteiger partial charge in [0.2, 0.25) is 11.8 Å². The second-order valence-corrected chi connectivity index (χ2v) is 5.37. The molecule has 130 valence electrons. The van der Waals surface area contributed by atoms with Crippen molar-refractivity contribution in [2.24, 2.45) is 0 Å². The van der Waals surface area contributed by atoms with Gasteiger partial charge in [-0.15, -0.1) is 0 Å². The molecule has 5 heteroatoms. The summed E-state index contributed by atoms with van der Waals surface area (Å²) in [5.74, 6) is 1.38. The number of nitrogens with one attached hydrogen (secondary N) is 1. The van der Waals surface area contributed by atoms with Crippen LogP contribution in [-0.4, -0.2) is 18.0 Å². The Morgan fingerprint density at radius 1 is 0.962 bits per heavy atom. The van der Waals surface area contributed by atoms with E-state index in [0.29, 0.717) is 23.1 Å². The highest BCUT2D eigenvalue weighted by Gasteiger charge is 2.06. The molecule has 0 saturated carbocycles. The van der Waals surface area contributed by atoms with Crippen LogP contribution in [0.25, 0.3) is 6.08 Å². The van der Waals surface area contributed by atoms with Crippen LogP contribution >= 0.6 is 0 Å². The molecule has 1 heterocycles. The molecule has 26 heavy (non-hydrogen) atoms. The van der Waals surface area contributed by atoms with Crippen molar-refractivity contribution in [2.75, 3.05) is 12.4 Å². The Morgan fingerprint density at radius 3 is 2.38 bits per heavy atom. The molecule has 5 nitrogen and oxygen atoms in total. The first kappa shape index (κ1) is 17.2. The molecule has 0 aliphatic rings. The van der Waals surface area contributed by atoms with Crippen molar-refractivity contribution < 1.29 is 14.3 Å². The Morgan fingerprint density at radius 2 is 1.69 bits per heavy atom. The predicted molar refractivity (Wildman–Crippen MR) is 101 cm³/mol. The molecule has 0 aliphatic heterocycles. The minimum Gasteiger partial charge on any atom is -0.493 e. The first-order chi connectivity index (χ1) is 12.7. The van der Waals surface area contributed by atoms with E-state index in [0.717, 1.165) is 5.56 Å². The van der Waals surface area contributed by atoms with Crippen molar-refractivity contribution in [1.29, 1.82) is 0 Å². The zero-order chi connectivity index (χ0) is 18.2. The largest absolute Gasteiger partial charge is 0.493 e. The minimum atomic E-state index is -0.228. The smallest absolute Gasteiger partial charge is 0.248 e. The number of carbonyl (C=O) groups excluding carboxylic acids is 1. The van der Waals surface area contributed by atoms with Crippen LogP contribution in [0.1, 0.15) is 5.56 Å². The fraction of sp³-hybridized carbons (Fsp3) is 0.0476. The summed E-state index contributed by atoms with van der Waals surface area (Å²) in [5, 5.41) is 2.76. The van der Waals surface area contributed by atoms with Crippen LogP contribution in [-0.2, 0) is 4.79 Å². The molecule has 0 spiro atoms. The monoisotopic (exact) mass is 346 g/mol. The van der Waals surface area contributed by atoms with Crippen LogP contribution in [0.4, 0.5) is 5.69 Å². The highest BCUT2D eigenvalue weighted by Crippen LogP contribution is 2.30. The number of rotatable bonds is 6. The SMILES string of the molecule is COc1ccccc1Oc1ccc(NC(=O)/C=C/c2ccccc2)cn1. The Kier molecular flexibility index (Phi) is 5.62. The molecule has 0 saturated heterocycles. The highest BCUT2D eigenvalue weighted by molar-refractivity contribution is 6.01. The van der Waals surface area contributed by atoms with Gasteiger partial charge in [-0.2, -0.15) is 0 Å². The zero-order valence-electron chi connectivity index (χ0n) is 14.3. The zero-order valence-corrected chi connectivity index (χ0v) is 14.3. The highest BCUT2D eigenvalue weighted by atomic mass is 16.5. The third kappa shape index (κ3) is 4.70. The van der Waals surface area contributed by atoms with Gasteiger partial charge in [-0.05, 0) is 29.8 Å². The van der Waals surface area contributed by atoms with Gasteiger partial charge < -0.3 is 14.8 Å². The lowest BCUT2D eigenvalue weighted by Crippen LogP contribution is -2.07. The van der Waals surface area contributed by atoms with Gasteiger partial charge in [0.05, 0.1) is 19.0 Å².